The lowest BCUT2D eigenvalue weighted by Crippen LogP contribution is -2.16. The zero-order chi connectivity index (χ0) is 55.5. The molecule has 0 radical (unpaired) electrons. The van der Waals surface area contributed by atoms with Crippen LogP contribution in [-0.4, -0.2) is 0 Å². The van der Waals surface area contributed by atoms with Gasteiger partial charge in [0.1, 0.15) is 0 Å². The Balaban J connectivity index is 1.28. The molecule has 0 bridgehead atoms. The highest BCUT2D eigenvalue weighted by Crippen LogP contribution is 2.60. The lowest BCUT2D eigenvalue weighted by molar-refractivity contribution is 0.568. The summed E-state index contributed by atoms with van der Waals surface area (Å²) in [6.45, 7) is 27.3. The van der Waals surface area contributed by atoms with Crippen molar-refractivity contribution >= 4 is 140 Å². The number of hydrogen-bond donors (Lipinski definition) is 0. The van der Waals surface area contributed by atoms with E-state index in [1.807, 2.05) is 24.3 Å². The number of rotatable bonds is 2. The normalized spacial score (nSPS) is 13.7. The van der Waals surface area contributed by atoms with Crippen molar-refractivity contribution in [2.75, 3.05) is 0 Å². The first-order chi connectivity index (χ1) is 37.9. The summed E-state index contributed by atoms with van der Waals surface area (Å²) < 4.78 is 0. The molecule has 0 aromatic heterocycles. The summed E-state index contributed by atoms with van der Waals surface area (Å²) in [6.07, 6.45) is 0. The Kier molecular flexibility index (Phi) is 8.77. The highest BCUT2D eigenvalue weighted by Gasteiger charge is 2.35. The zero-order valence-corrected chi connectivity index (χ0v) is 47.3. The first-order valence-electron chi connectivity index (χ1n) is 28.3. The van der Waals surface area contributed by atoms with Crippen molar-refractivity contribution in [2.45, 2.75) is 105 Å². The molecule has 4 nitrogen and oxygen atoms in total. The summed E-state index contributed by atoms with van der Waals surface area (Å²) in [4.78, 5) is 61.9. The van der Waals surface area contributed by atoms with Crippen LogP contribution < -0.4 is 21.7 Å². The Morgan fingerprint density at radius 3 is 0.625 bits per heavy atom. The van der Waals surface area contributed by atoms with Gasteiger partial charge in [0.15, 0.2) is 21.7 Å². The van der Waals surface area contributed by atoms with E-state index in [-0.39, 0.29) is 43.4 Å². The van der Waals surface area contributed by atoms with E-state index in [0.717, 1.165) is 119 Å². The van der Waals surface area contributed by atoms with Crippen LogP contribution in [0.2, 0.25) is 0 Å². The minimum absolute atomic E-state index is 0.151. The van der Waals surface area contributed by atoms with Gasteiger partial charge in [-0.2, -0.15) is 0 Å². The van der Waals surface area contributed by atoms with Gasteiger partial charge in [-0.25, -0.2) is 0 Å². The Bertz CT molecular complexity index is 5010. The van der Waals surface area contributed by atoms with Crippen LogP contribution in [0, 0.1) is 0 Å². The van der Waals surface area contributed by atoms with Gasteiger partial charge >= 0.3 is 0 Å². The lowest BCUT2D eigenvalue weighted by atomic mass is 9.72. The maximum absolute atomic E-state index is 15.5. The van der Waals surface area contributed by atoms with Gasteiger partial charge in [0.25, 0.3) is 0 Å². The summed E-state index contributed by atoms with van der Waals surface area (Å²) in [5, 5.41) is 20.9. The van der Waals surface area contributed by atoms with Gasteiger partial charge in [-0.1, -0.05) is 217 Å². The van der Waals surface area contributed by atoms with Crippen molar-refractivity contribution < 1.29 is 0 Å². The second-order valence-corrected chi connectivity index (χ2v) is 27.6. The van der Waals surface area contributed by atoms with Crippen molar-refractivity contribution in [2.24, 2.45) is 0 Å². The van der Waals surface area contributed by atoms with Gasteiger partial charge in [0.2, 0.25) is 0 Å². The summed E-state index contributed by atoms with van der Waals surface area (Å²) in [6, 6.07) is 46.3. The molecular weight excluding hydrogens is 977 g/mol. The van der Waals surface area contributed by atoms with E-state index in [4.69, 9.17) is 0 Å². The van der Waals surface area contributed by atoms with Crippen LogP contribution in [0.1, 0.15) is 105 Å². The van der Waals surface area contributed by atoms with Crippen LogP contribution in [0.5, 0.6) is 0 Å². The fourth-order valence-electron chi connectivity index (χ4n) is 14.9. The molecule has 0 amide bonds. The molecule has 0 fully saturated rings. The molecule has 0 saturated carbocycles. The molecule has 0 atom stereocenters. The third-order valence-corrected chi connectivity index (χ3v) is 18.9. The maximum Gasteiger partial charge on any atom is 0.195 e. The van der Waals surface area contributed by atoms with Gasteiger partial charge in [-0.3, -0.25) is 19.2 Å². The average Bonchev–Trinajstić information content (AvgIpc) is 3.00. The third-order valence-electron chi connectivity index (χ3n) is 18.9. The van der Waals surface area contributed by atoms with E-state index < -0.39 is 0 Å². The summed E-state index contributed by atoms with van der Waals surface area (Å²) in [5.74, 6) is 0. The molecule has 0 heterocycles. The van der Waals surface area contributed by atoms with E-state index in [1.54, 1.807) is 24.3 Å². The number of hydrogen-bond acceptors (Lipinski definition) is 4. The van der Waals surface area contributed by atoms with Crippen LogP contribution in [0.15, 0.2) is 153 Å². The van der Waals surface area contributed by atoms with E-state index in [9.17, 15) is 0 Å². The molecule has 16 aromatic rings. The van der Waals surface area contributed by atoms with E-state index in [1.165, 1.54) is 22.3 Å². The molecule has 386 valence electrons. The van der Waals surface area contributed by atoms with E-state index in [2.05, 4.69) is 168 Å². The maximum atomic E-state index is 15.5. The van der Waals surface area contributed by atoms with Gasteiger partial charge in [-0.05, 0) is 163 Å². The smallest absolute Gasteiger partial charge is 0.195 e. The monoisotopic (exact) mass is 1030 g/mol. The first kappa shape index (κ1) is 47.4. The molecule has 80 heavy (non-hydrogen) atoms. The Hall–Kier alpha value is -8.60. The quantitative estimate of drug-likeness (QED) is 0.128. The van der Waals surface area contributed by atoms with Gasteiger partial charge < -0.3 is 0 Å². The van der Waals surface area contributed by atoms with Crippen molar-refractivity contribution in [1.29, 1.82) is 0 Å². The zero-order valence-electron chi connectivity index (χ0n) is 47.3. The predicted molar refractivity (Wildman–Crippen MR) is 343 cm³/mol. The second-order valence-electron chi connectivity index (χ2n) is 27.6. The SMILES string of the molecule is CC(C)(C)c1cc(-c2c3ccc4c5c(=O)c6ccccc6c(=O)c5c5ccc6c(-c7cc(C(C)(C)C)cc(C(C)(C)C)c7)c7ccc8c9c(=O)c%10ccccc%10c(=O)c9c9ccc2c2c9c8c7c7c6c5c4c3c27)cc(C(C)(C)C)c1. The highest BCUT2D eigenvalue weighted by atomic mass is 16.1. The molecule has 0 aliphatic carbocycles. The summed E-state index contributed by atoms with van der Waals surface area (Å²) in [5.41, 5.74) is 7.91. The van der Waals surface area contributed by atoms with Gasteiger partial charge in [0.05, 0.1) is 0 Å². The molecule has 16 rings (SSSR count). The minimum atomic E-state index is -0.183. The molecule has 4 heteroatoms. The fraction of sp³-hybridized carbons (Fsp3) is 0.211. The largest absolute Gasteiger partial charge is 0.289 e. The average molecular weight is 1040 g/mol. The molecule has 0 N–H and O–H groups in total. The Morgan fingerprint density at radius 2 is 0.412 bits per heavy atom. The summed E-state index contributed by atoms with van der Waals surface area (Å²) in [7, 11) is 0. The Morgan fingerprint density at radius 1 is 0.212 bits per heavy atom. The molecule has 0 aliphatic heterocycles. The molecule has 0 spiro atoms. The van der Waals surface area contributed by atoms with Crippen molar-refractivity contribution in [1.82, 2.24) is 0 Å². The van der Waals surface area contributed by atoms with Crippen LogP contribution in [0.4, 0.5) is 0 Å². The van der Waals surface area contributed by atoms with Crippen LogP contribution in [-0.2, 0) is 21.7 Å². The van der Waals surface area contributed by atoms with Crippen molar-refractivity contribution in [3.05, 3.63) is 197 Å². The van der Waals surface area contributed by atoms with Gasteiger partial charge in [0, 0.05) is 43.1 Å². The standard InChI is InChI=1S/C76H58O4/c1-73(2,3)37-29-35(30-38(33-37)74(4,5)6)53-45-21-25-49-55-57-51(65-63(49)69(77)41-17-13-15-19-43(41)71(65)79)27-23-47-54(36-31-39(75(7,8)9)34-40(32-36)76(10,11)12)48-24-28-52-58-56-50(64-66(52)72(80)44-20-16-14-18-42(44)70(64)78)26-22-46(53)60(56)67(59(45)55)68(61(47)57)62(48)58/h13-34H,1-12H3. The van der Waals surface area contributed by atoms with Crippen LogP contribution >= 0.6 is 0 Å². The third kappa shape index (κ3) is 5.76. The first-order valence-corrected chi connectivity index (χ1v) is 28.3. The minimum Gasteiger partial charge on any atom is -0.289 e. The molecule has 0 unspecified atom stereocenters. The van der Waals surface area contributed by atoms with Crippen LogP contribution in [0.3, 0.4) is 0 Å². The Labute approximate surface area is 461 Å². The topological polar surface area (TPSA) is 68.3 Å². The predicted octanol–water partition coefficient (Wildman–Crippen LogP) is 18.7. The summed E-state index contributed by atoms with van der Waals surface area (Å²) >= 11 is 0. The molecular formula is C76H58O4. The van der Waals surface area contributed by atoms with E-state index in [0.29, 0.717) is 43.1 Å². The van der Waals surface area contributed by atoms with E-state index >= 15 is 19.2 Å². The lowest BCUT2D eigenvalue weighted by Gasteiger charge is -2.31. The van der Waals surface area contributed by atoms with Crippen molar-refractivity contribution in [3.63, 3.8) is 0 Å². The molecule has 16 aromatic carbocycles. The molecule has 0 saturated heterocycles. The number of fused-ring (bicyclic) bond motifs is 8. The fourth-order valence-corrected chi connectivity index (χ4v) is 14.9. The molecule has 0 aliphatic rings. The van der Waals surface area contributed by atoms with Crippen molar-refractivity contribution in [3.8, 4) is 22.3 Å². The highest BCUT2D eigenvalue weighted by molar-refractivity contribution is 6.58. The van der Waals surface area contributed by atoms with Gasteiger partial charge in [-0.15, -0.1) is 0 Å². The van der Waals surface area contributed by atoms with Crippen LogP contribution in [0.25, 0.3) is 162 Å². The number of benzene rings is 16. The second kappa shape index (κ2) is 14.8.